The van der Waals surface area contributed by atoms with E-state index < -0.39 is 11.9 Å². The summed E-state index contributed by atoms with van der Waals surface area (Å²) in [5.41, 5.74) is 2.82. The topological polar surface area (TPSA) is 71.3 Å². The lowest BCUT2D eigenvalue weighted by molar-refractivity contribution is -0.141. The van der Waals surface area contributed by atoms with Crippen molar-refractivity contribution in [3.05, 3.63) is 50.7 Å². The maximum atomic E-state index is 12.8. The number of carbonyl (C=O) groups excluding carboxylic acids is 1. The van der Waals surface area contributed by atoms with Crippen LogP contribution in [0.5, 0.6) is 0 Å². The Kier molecular flexibility index (Phi) is 4.82. The Labute approximate surface area is 171 Å². The van der Waals surface area contributed by atoms with Crippen molar-refractivity contribution in [1.29, 1.82) is 0 Å². The first kappa shape index (κ1) is 20.4. The highest BCUT2D eigenvalue weighted by Crippen LogP contribution is 2.33. The van der Waals surface area contributed by atoms with Gasteiger partial charge in [-0.15, -0.1) is 5.10 Å². The molecule has 2 aliphatic heterocycles. The molecule has 0 unspecified atom stereocenters. The van der Waals surface area contributed by atoms with Gasteiger partial charge in [0, 0.05) is 50.3 Å². The number of anilines is 1. The molecule has 1 fully saturated rings. The minimum Gasteiger partial charge on any atom is -0.369 e. The predicted octanol–water partition coefficient (Wildman–Crippen LogP) is 2.18. The van der Waals surface area contributed by atoms with E-state index in [1.165, 1.54) is 6.20 Å². The van der Waals surface area contributed by atoms with E-state index in [4.69, 9.17) is 0 Å². The summed E-state index contributed by atoms with van der Waals surface area (Å²) in [5.74, 6) is 0.0551. The van der Waals surface area contributed by atoms with Crippen LogP contribution in [0.25, 0.3) is 0 Å². The number of nitrogens with zero attached hydrogens (tertiary/aromatic N) is 5. The molecule has 0 N–H and O–H groups in total. The molecular formula is C20H22F3N5O2. The Bertz CT molecular complexity index is 1070. The van der Waals surface area contributed by atoms with Crippen LogP contribution in [0.4, 0.5) is 18.9 Å². The molecule has 0 saturated carbocycles. The maximum Gasteiger partial charge on any atom is 0.435 e. The molecule has 2 aromatic heterocycles. The van der Waals surface area contributed by atoms with Gasteiger partial charge in [-0.3, -0.25) is 9.59 Å². The summed E-state index contributed by atoms with van der Waals surface area (Å²) in [6.45, 7) is 5.57. The number of aromatic nitrogens is 3. The van der Waals surface area contributed by atoms with Crippen molar-refractivity contribution >= 4 is 11.6 Å². The fourth-order valence-corrected chi connectivity index (χ4v) is 4.15. The lowest BCUT2D eigenvalue weighted by Crippen LogP contribution is -2.48. The SMILES string of the molecule is Cc1c2c(n(C)c(=O)c1C)CN(C(=O)CC1CN(c3cnnc(C(F)(F)F)c3)C1)C2. The predicted molar refractivity (Wildman–Crippen MR) is 103 cm³/mol. The van der Waals surface area contributed by atoms with E-state index in [2.05, 4.69) is 10.2 Å². The van der Waals surface area contributed by atoms with Crippen LogP contribution < -0.4 is 10.5 Å². The summed E-state index contributed by atoms with van der Waals surface area (Å²) in [7, 11) is 1.73. The van der Waals surface area contributed by atoms with E-state index in [1.54, 1.807) is 28.3 Å². The summed E-state index contributed by atoms with van der Waals surface area (Å²) in [4.78, 5) is 28.6. The van der Waals surface area contributed by atoms with Crippen LogP contribution in [0.15, 0.2) is 17.1 Å². The van der Waals surface area contributed by atoms with Gasteiger partial charge in [-0.2, -0.15) is 18.3 Å². The van der Waals surface area contributed by atoms with Crippen molar-refractivity contribution in [1.82, 2.24) is 19.7 Å². The van der Waals surface area contributed by atoms with Gasteiger partial charge in [-0.05, 0) is 31.0 Å². The minimum absolute atomic E-state index is 0.0100. The summed E-state index contributed by atoms with van der Waals surface area (Å²) in [5, 5.41) is 6.57. The van der Waals surface area contributed by atoms with Crippen LogP contribution >= 0.6 is 0 Å². The van der Waals surface area contributed by atoms with Crippen LogP contribution in [0.3, 0.4) is 0 Å². The van der Waals surface area contributed by atoms with Crippen molar-refractivity contribution in [3.8, 4) is 0 Å². The van der Waals surface area contributed by atoms with E-state index in [1.807, 2.05) is 6.92 Å². The fraction of sp³-hybridized carbons (Fsp3) is 0.500. The summed E-state index contributed by atoms with van der Waals surface area (Å²) < 4.78 is 40.0. The molecule has 1 saturated heterocycles. The molecule has 4 rings (SSSR count). The number of amides is 1. The monoisotopic (exact) mass is 421 g/mol. The first-order valence-electron chi connectivity index (χ1n) is 9.66. The summed E-state index contributed by atoms with van der Waals surface area (Å²) in [6.07, 6.45) is -2.91. The highest BCUT2D eigenvalue weighted by molar-refractivity contribution is 5.77. The molecular weight excluding hydrogens is 399 g/mol. The Morgan fingerprint density at radius 3 is 2.57 bits per heavy atom. The van der Waals surface area contributed by atoms with Crippen molar-refractivity contribution in [2.45, 2.75) is 39.5 Å². The average Bonchev–Trinajstić information content (AvgIpc) is 3.12. The van der Waals surface area contributed by atoms with Crippen LogP contribution in [0.2, 0.25) is 0 Å². The molecule has 4 heterocycles. The van der Waals surface area contributed by atoms with Crippen molar-refractivity contribution < 1.29 is 18.0 Å². The number of fused-ring (bicyclic) bond motifs is 1. The second-order valence-electron chi connectivity index (χ2n) is 8.06. The number of carbonyl (C=O) groups is 1. The Morgan fingerprint density at radius 2 is 1.90 bits per heavy atom. The van der Waals surface area contributed by atoms with Crippen LogP contribution in [-0.4, -0.2) is 38.7 Å². The third kappa shape index (κ3) is 3.44. The van der Waals surface area contributed by atoms with Gasteiger partial charge < -0.3 is 14.4 Å². The third-order valence-electron chi connectivity index (χ3n) is 6.15. The van der Waals surface area contributed by atoms with Crippen molar-refractivity contribution in [3.63, 3.8) is 0 Å². The molecule has 0 spiro atoms. The lowest BCUT2D eigenvalue weighted by Gasteiger charge is -2.41. The number of hydrogen-bond donors (Lipinski definition) is 0. The first-order valence-corrected chi connectivity index (χ1v) is 9.66. The fourth-order valence-electron chi connectivity index (χ4n) is 4.15. The number of alkyl halides is 3. The van der Waals surface area contributed by atoms with Crippen LogP contribution in [0.1, 0.15) is 34.5 Å². The molecule has 0 bridgehead atoms. The van der Waals surface area contributed by atoms with Gasteiger partial charge in [0.1, 0.15) is 0 Å². The number of rotatable bonds is 3. The highest BCUT2D eigenvalue weighted by Gasteiger charge is 2.36. The highest BCUT2D eigenvalue weighted by atomic mass is 19.4. The molecule has 0 aliphatic carbocycles. The Morgan fingerprint density at radius 1 is 1.20 bits per heavy atom. The van der Waals surface area contributed by atoms with Gasteiger partial charge in [-0.25, -0.2) is 0 Å². The Balaban J connectivity index is 1.38. The zero-order valence-electron chi connectivity index (χ0n) is 17.0. The molecule has 160 valence electrons. The van der Waals surface area contributed by atoms with Gasteiger partial charge in [0.25, 0.3) is 5.56 Å². The molecule has 10 heteroatoms. The number of pyridine rings is 1. The second-order valence-corrected chi connectivity index (χ2v) is 8.06. The molecule has 2 aliphatic rings. The molecule has 2 aromatic rings. The van der Waals surface area contributed by atoms with Gasteiger partial charge in [0.15, 0.2) is 5.69 Å². The quantitative estimate of drug-likeness (QED) is 0.760. The van der Waals surface area contributed by atoms with Crippen LogP contribution in [-0.2, 0) is 31.1 Å². The first-order chi connectivity index (χ1) is 14.1. The molecule has 0 aromatic carbocycles. The van der Waals surface area contributed by atoms with Gasteiger partial charge in [-0.1, -0.05) is 0 Å². The van der Waals surface area contributed by atoms with Crippen molar-refractivity contribution in [2.75, 3.05) is 18.0 Å². The van der Waals surface area contributed by atoms with E-state index >= 15 is 0 Å². The number of halogens is 3. The van der Waals surface area contributed by atoms with Gasteiger partial charge >= 0.3 is 6.18 Å². The smallest absolute Gasteiger partial charge is 0.369 e. The zero-order valence-corrected chi connectivity index (χ0v) is 17.0. The minimum atomic E-state index is -4.54. The standard InChI is InChI=1S/C20H22F3N5O2/c1-11-12(2)19(30)26(3)16-10-28(9-15(11)16)18(29)4-13-7-27(8-13)14-5-17(20(21,22)23)25-24-6-14/h5-6,13H,4,7-10H2,1-3H3. The van der Waals surface area contributed by atoms with E-state index in [0.29, 0.717) is 43.9 Å². The summed E-state index contributed by atoms with van der Waals surface area (Å²) in [6, 6.07) is 0.980. The van der Waals surface area contributed by atoms with Gasteiger partial charge in [0.05, 0.1) is 18.4 Å². The molecule has 30 heavy (non-hydrogen) atoms. The lowest BCUT2D eigenvalue weighted by atomic mass is 9.95. The van der Waals surface area contributed by atoms with E-state index in [-0.39, 0.29) is 17.4 Å². The number of hydrogen-bond acceptors (Lipinski definition) is 5. The largest absolute Gasteiger partial charge is 0.435 e. The second kappa shape index (κ2) is 7.10. The average molecular weight is 421 g/mol. The Hall–Kier alpha value is -2.91. The van der Waals surface area contributed by atoms with E-state index in [0.717, 1.165) is 22.9 Å². The third-order valence-corrected chi connectivity index (χ3v) is 6.15. The van der Waals surface area contributed by atoms with E-state index in [9.17, 15) is 22.8 Å². The molecule has 0 radical (unpaired) electrons. The maximum absolute atomic E-state index is 12.8. The van der Waals surface area contributed by atoms with Gasteiger partial charge in [0.2, 0.25) is 5.91 Å². The normalized spacial score (nSPS) is 16.6. The zero-order chi connectivity index (χ0) is 21.8. The molecule has 0 atom stereocenters. The van der Waals surface area contributed by atoms with Crippen molar-refractivity contribution in [2.24, 2.45) is 13.0 Å². The summed E-state index contributed by atoms with van der Waals surface area (Å²) >= 11 is 0. The van der Waals surface area contributed by atoms with Crippen LogP contribution in [0, 0.1) is 19.8 Å². The molecule has 1 amide bonds. The molecule has 7 nitrogen and oxygen atoms in total.